The van der Waals surface area contributed by atoms with Crippen molar-refractivity contribution < 1.29 is 23.4 Å². The second kappa shape index (κ2) is 9.33. The first-order valence-electron chi connectivity index (χ1n) is 10.0. The van der Waals surface area contributed by atoms with Gasteiger partial charge in [0.25, 0.3) is 5.91 Å². The van der Waals surface area contributed by atoms with Gasteiger partial charge < -0.3 is 20.0 Å². The maximum atomic E-state index is 13.5. The zero-order valence-electron chi connectivity index (χ0n) is 17.3. The number of nitrogens with zero attached hydrogens (tertiary/aromatic N) is 1. The molecule has 2 aromatic carbocycles. The largest absolute Gasteiger partial charge is 0.378 e. The first-order valence-corrected chi connectivity index (χ1v) is 10.0. The van der Waals surface area contributed by atoms with Gasteiger partial charge in [-0.1, -0.05) is 12.1 Å². The molecule has 5 nitrogen and oxygen atoms in total. The van der Waals surface area contributed by atoms with Gasteiger partial charge in [0.05, 0.1) is 13.6 Å². The van der Waals surface area contributed by atoms with Crippen LogP contribution in [-0.4, -0.2) is 59.8 Å². The molecule has 3 N–H and O–H groups in total. The van der Waals surface area contributed by atoms with Crippen molar-refractivity contribution in [2.75, 3.05) is 58.8 Å². The van der Waals surface area contributed by atoms with Gasteiger partial charge in [0.15, 0.2) is 11.6 Å². The van der Waals surface area contributed by atoms with Crippen LogP contribution in [0.4, 0.5) is 14.5 Å². The second-order valence-electron chi connectivity index (χ2n) is 7.99. The van der Waals surface area contributed by atoms with Crippen LogP contribution >= 0.6 is 0 Å². The molecule has 1 atom stereocenters. The Morgan fingerprint density at radius 1 is 1.03 bits per heavy atom. The van der Waals surface area contributed by atoms with Crippen molar-refractivity contribution in [3.63, 3.8) is 0 Å². The van der Waals surface area contributed by atoms with Gasteiger partial charge in [-0.05, 0) is 30.3 Å². The van der Waals surface area contributed by atoms with Gasteiger partial charge in [-0.2, -0.15) is 0 Å². The van der Waals surface area contributed by atoms with Crippen molar-refractivity contribution in [3.05, 3.63) is 65.2 Å². The van der Waals surface area contributed by atoms with Gasteiger partial charge in [0.1, 0.15) is 32.2 Å². The fraction of sp³-hybridized carbons (Fsp3) is 0.409. The fourth-order valence-corrected chi connectivity index (χ4v) is 3.78. The first kappa shape index (κ1) is 21.2. The first-order chi connectivity index (χ1) is 13.8. The van der Waals surface area contributed by atoms with E-state index in [0.717, 1.165) is 49.6 Å². The maximum absolute atomic E-state index is 13.5. The number of halogens is 2. The molecule has 0 aromatic heterocycles. The summed E-state index contributed by atoms with van der Waals surface area (Å²) in [5.74, 6) is -2.36. The molecule has 3 rings (SSSR count). The molecule has 2 aromatic rings. The van der Waals surface area contributed by atoms with E-state index in [9.17, 15) is 13.6 Å². The summed E-state index contributed by atoms with van der Waals surface area (Å²) in [5, 5.41) is 2.92. The quantitative estimate of drug-likeness (QED) is 0.630. The fourth-order valence-electron chi connectivity index (χ4n) is 3.78. The molecule has 7 heteroatoms. The number of amides is 1. The van der Waals surface area contributed by atoms with Crippen LogP contribution in [0.1, 0.15) is 22.0 Å². The van der Waals surface area contributed by atoms with Gasteiger partial charge >= 0.3 is 0 Å². The number of benzene rings is 2. The van der Waals surface area contributed by atoms with E-state index in [2.05, 4.69) is 41.5 Å². The number of hydrogen-bond acceptors (Lipinski definition) is 2. The summed E-state index contributed by atoms with van der Waals surface area (Å²) >= 11 is 0. The van der Waals surface area contributed by atoms with E-state index < -0.39 is 17.5 Å². The number of quaternary nitrogens is 2. The highest BCUT2D eigenvalue weighted by Gasteiger charge is 2.29. The third-order valence-electron chi connectivity index (χ3n) is 5.70. The summed E-state index contributed by atoms with van der Waals surface area (Å²) in [5.41, 5.74) is 2.41. The smallest absolute Gasteiger partial charge is 0.251 e. The summed E-state index contributed by atoms with van der Waals surface area (Å²) < 4.78 is 26.6. The number of piperazine rings is 1. The van der Waals surface area contributed by atoms with E-state index in [1.165, 1.54) is 15.9 Å². The number of carbonyl (C=O) groups is 1. The van der Waals surface area contributed by atoms with Crippen LogP contribution in [0.3, 0.4) is 0 Å². The highest BCUT2D eigenvalue weighted by molar-refractivity contribution is 5.94. The molecule has 1 saturated heterocycles. The Bertz CT molecular complexity index is 833. The molecule has 1 aliphatic heterocycles. The Hall–Kier alpha value is -2.51. The molecular formula is C22H30F2N4O+2. The summed E-state index contributed by atoms with van der Waals surface area (Å²) in [6.45, 7) is 4.64. The van der Waals surface area contributed by atoms with E-state index in [4.69, 9.17) is 0 Å². The Morgan fingerprint density at radius 3 is 2.28 bits per heavy atom. The van der Waals surface area contributed by atoms with Crippen molar-refractivity contribution in [2.45, 2.75) is 6.04 Å². The third kappa shape index (κ3) is 5.31. The van der Waals surface area contributed by atoms with Crippen LogP contribution in [0.25, 0.3) is 0 Å². The normalized spacial score (nSPS) is 20.2. The number of hydrogen-bond donors (Lipinski definition) is 3. The van der Waals surface area contributed by atoms with Gasteiger partial charge in [-0.25, -0.2) is 8.78 Å². The number of anilines is 1. The summed E-state index contributed by atoms with van der Waals surface area (Å²) in [6, 6.07) is 11.7. The van der Waals surface area contributed by atoms with E-state index in [-0.39, 0.29) is 11.6 Å². The average molecular weight is 405 g/mol. The monoisotopic (exact) mass is 404 g/mol. The Kier molecular flexibility index (Phi) is 6.82. The van der Waals surface area contributed by atoms with Gasteiger partial charge in [0, 0.05) is 30.9 Å². The van der Waals surface area contributed by atoms with Gasteiger partial charge in [0.2, 0.25) is 0 Å². The topological polar surface area (TPSA) is 41.2 Å². The SMILES string of the molecule is CN(C)c1ccc([C@H](CNC(=O)c2ccc(F)c(F)c2)[NH+]2CC[NH+](C)CC2)cc1. The van der Waals surface area contributed by atoms with Crippen LogP contribution in [-0.2, 0) is 0 Å². The standard InChI is InChI=1S/C22H28F2N4O/c1-26(2)18-7-4-16(5-8-18)21(28-12-10-27(3)11-13-28)15-25-22(29)17-6-9-19(23)20(24)14-17/h4-9,14,21H,10-13,15H2,1-3H3,(H,25,29)/p+2/t21-/m0/s1. The summed E-state index contributed by atoms with van der Waals surface area (Å²) in [4.78, 5) is 17.5. The minimum Gasteiger partial charge on any atom is -0.378 e. The minimum atomic E-state index is -1.01. The minimum absolute atomic E-state index is 0.105. The molecular weight excluding hydrogens is 374 g/mol. The van der Waals surface area contributed by atoms with E-state index in [1.807, 2.05) is 14.1 Å². The molecule has 1 aliphatic rings. The van der Waals surface area contributed by atoms with Crippen molar-refractivity contribution in [3.8, 4) is 0 Å². The number of nitrogens with one attached hydrogen (secondary N) is 3. The zero-order chi connectivity index (χ0) is 21.0. The average Bonchev–Trinajstić information content (AvgIpc) is 2.71. The predicted molar refractivity (Wildman–Crippen MR) is 110 cm³/mol. The molecule has 0 aliphatic carbocycles. The molecule has 0 spiro atoms. The molecule has 1 fully saturated rings. The van der Waals surface area contributed by atoms with Gasteiger partial charge in [-0.15, -0.1) is 0 Å². The highest BCUT2D eigenvalue weighted by atomic mass is 19.2. The van der Waals surface area contributed by atoms with Gasteiger partial charge in [-0.3, -0.25) is 4.79 Å². The Morgan fingerprint density at radius 2 is 1.69 bits per heavy atom. The van der Waals surface area contributed by atoms with Crippen molar-refractivity contribution >= 4 is 11.6 Å². The zero-order valence-corrected chi connectivity index (χ0v) is 17.3. The van der Waals surface area contributed by atoms with E-state index in [1.54, 1.807) is 0 Å². The summed E-state index contributed by atoms with van der Waals surface area (Å²) in [7, 11) is 6.20. The van der Waals surface area contributed by atoms with Crippen molar-refractivity contribution in [1.29, 1.82) is 0 Å². The van der Waals surface area contributed by atoms with Crippen molar-refractivity contribution in [2.24, 2.45) is 0 Å². The van der Waals surface area contributed by atoms with Crippen LogP contribution in [0.2, 0.25) is 0 Å². The van der Waals surface area contributed by atoms with Crippen LogP contribution in [0.15, 0.2) is 42.5 Å². The van der Waals surface area contributed by atoms with Crippen LogP contribution in [0.5, 0.6) is 0 Å². The maximum Gasteiger partial charge on any atom is 0.251 e. The molecule has 1 amide bonds. The lowest BCUT2D eigenvalue weighted by Crippen LogP contribution is -3.27. The third-order valence-corrected chi connectivity index (χ3v) is 5.70. The number of carbonyl (C=O) groups excluding carboxylic acids is 1. The molecule has 1 heterocycles. The van der Waals surface area contributed by atoms with Crippen LogP contribution in [0, 0.1) is 11.6 Å². The Labute approximate surface area is 170 Å². The van der Waals surface area contributed by atoms with E-state index in [0.29, 0.717) is 6.54 Å². The molecule has 29 heavy (non-hydrogen) atoms. The molecule has 0 radical (unpaired) electrons. The number of likely N-dealkylation sites (N-methyl/N-ethyl adjacent to an activating group) is 1. The second-order valence-corrected chi connectivity index (χ2v) is 7.99. The molecule has 156 valence electrons. The number of rotatable bonds is 6. The molecule has 0 unspecified atom stereocenters. The van der Waals surface area contributed by atoms with Crippen LogP contribution < -0.4 is 20.0 Å². The lowest BCUT2D eigenvalue weighted by atomic mass is 10.0. The highest BCUT2D eigenvalue weighted by Crippen LogP contribution is 2.16. The lowest BCUT2D eigenvalue weighted by molar-refractivity contribution is -1.02. The molecule has 0 saturated carbocycles. The summed E-state index contributed by atoms with van der Waals surface area (Å²) in [6.07, 6.45) is 0. The lowest BCUT2D eigenvalue weighted by Gasteiger charge is -2.33. The van der Waals surface area contributed by atoms with Crippen molar-refractivity contribution in [1.82, 2.24) is 5.32 Å². The van der Waals surface area contributed by atoms with E-state index >= 15 is 0 Å². The Balaban J connectivity index is 1.75. The molecule has 0 bridgehead atoms. The predicted octanol–water partition coefficient (Wildman–Crippen LogP) is -0.0849.